The normalized spacial score (nSPS) is 10.2. The highest BCUT2D eigenvalue weighted by atomic mass is 35.5. The lowest BCUT2D eigenvalue weighted by Crippen LogP contribution is -2.30. The van der Waals surface area contributed by atoms with Gasteiger partial charge in [-0.1, -0.05) is 48.6 Å². The molecule has 0 atom stereocenters. The van der Waals surface area contributed by atoms with Gasteiger partial charge >= 0.3 is 12.2 Å². The number of hydrogen-bond acceptors (Lipinski definition) is 2. The first-order valence-electron chi connectivity index (χ1n) is 7.85. The Kier molecular flexibility index (Phi) is 8.74. The monoisotopic (exact) mass is 376 g/mol. The smallest absolute Gasteiger partial charge is 0.412 e. The van der Waals surface area contributed by atoms with Crippen molar-refractivity contribution < 1.29 is 19.8 Å². The summed E-state index contributed by atoms with van der Waals surface area (Å²) in [7, 11) is 0. The van der Waals surface area contributed by atoms with Crippen LogP contribution in [-0.2, 0) is 0 Å². The Morgan fingerprint density at radius 3 is 1.69 bits per heavy atom. The molecule has 0 bridgehead atoms. The highest BCUT2D eigenvalue weighted by Crippen LogP contribution is 2.15. The van der Waals surface area contributed by atoms with Crippen LogP contribution in [0.3, 0.4) is 0 Å². The van der Waals surface area contributed by atoms with E-state index in [4.69, 9.17) is 0 Å². The number of para-hydroxylation sites is 2. The topological polar surface area (TPSA) is 81.1 Å². The molecule has 138 valence electrons. The highest BCUT2D eigenvalue weighted by molar-refractivity contribution is 5.86. The lowest BCUT2D eigenvalue weighted by Gasteiger charge is -2.19. The highest BCUT2D eigenvalue weighted by Gasteiger charge is 2.13. The van der Waals surface area contributed by atoms with Gasteiger partial charge in [-0.05, 0) is 30.7 Å². The molecular formula is C19H21ClN2O4. The minimum Gasteiger partial charge on any atom is -0.465 e. The Balaban J connectivity index is 0.00000338. The molecule has 2 aromatic carbocycles. The maximum absolute atomic E-state index is 11.4. The number of halogens is 1. The molecule has 0 aliphatic rings. The summed E-state index contributed by atoms with van der Waals surface area (Å²) >= 11 is 0. The number of rotatable bonds is 7. The number of carbonyl (C=O) groups is 2. The fraction of sp³-hybridized carbons (Fsp3) is 0.158. The first kappa shape index (κ1) is 21.1. The molecule has 2 aromatic rings. The quantitative estimate of drug-likeness (QED) is 0.685. The van der Waals surface area contributed by atoms with E-state index in [1.54, 1.807) is 60.7 Å². The second-order valence-corrected chi connectivity index (χ2v) is 5.26. The largest absolute Gasteiger partial charge is 0.465 e. The number of nitrogens with zero attached hydrogens (tertiary/aromatic N) is 2. The van der Waals surface area contributed by atoms with Gasteiger partial charge in [0, 0.05) is 24.5 Å². The molecule has 0 saturated carbocycles. The fourth-order valence-corrected chi connectivity index (χ4v) is 2.35. The molecule has 0 unspecified atom stereocenters. The SMILES string of the molecule is Cl.O=C(O)N(CC=CCCN(C(=O)O)c1ccccc1)c1ccccc1. The van der Waals surface area contributed by atoms with Crippen molar-refractivity contribution in [3.05, 3.63) is 72.8 Å². The van der Waals surface area contributed by atoms with E-state index in [1.807, 2.05) is 12.1 Å². The number of benzene rings is 2. The molecule has 0 fully saturated rings. The van der Waals surface area contributed by atoms with E-state index in [2.05, 4.69) is 0 Å². The van der Waals surface area contributed by atoms with Crippen LogP contribution in [0.1, 0.15) is 6.42 Å². The molecule has 2 amide bonds. The lowest BCUT2D eigenvalue weighted by atomic mass is 10.2. The molecule has 2 N–H and O–H groups in total. The predicted molar refractivity (Wildman–Crippen MR) is 105 cm³/mol. The number of anilines is 2. The molecule has 0 spiro atoms. The Morgan fingerprint density at radius 2 is 1.23 bits per heavy atom. The predicted octanol–water partition coefficient (Wildman–Crippen LogP) is 4.72. The first-order chi connectivity index (χ1) is 12.1. The van der Waals surface area contributed by atoms with Crippen LogP contribution in [0, 0.1) is 0 Å². The van der Waals surface area contributed by atoms with Crippen molar-refractivity contribution in [2.75, 3.05) is 22.9 Å². The molecule has 0 saturated heterocycles. The van der Waals surface area contributed by atoms with Gasteiger partial charge in [-0.3, -0.25) is 9.80 Å². The van der Waals surface area contributed by atoms with Gasteiger partial charge in [0.2, 0.25) is 0 Å². The van der Waals surface area contributed by atoms with Crippen molar-refractivity contribution in [1.29, 1.82) is 0 Å². The zero-order chi connectivity index (χ0) is 18.1. The van der Waals surface area contributed by atoms with Crippen molar-refractivity contribution in [3.63, 3.8) is 0 Å². The molecule has 0 radical (unpaired) electrons. The van der Waals surface area contributed by atoms with Gasteiger partial charge in [-0.2, -0.15) is 0 Å². The molecule has 7 heteroatoms. The number of amides is 2. The van der Waals surface area contributed by atoms with Crippen LogP contribution >= 0.6 is 12.4 Å². The van der Waals surface area contributed by atoms with Crippen molar-refractivity contribution in [2.45, 2.75) is 6.42 Å². The van der Waals surface area contributed by atoms with Crippen LogP contribution in [0.25, 0.3) is 0 Å². The second kappa shape index (κ2) is 10.8. The maximum atomic E-state index is 11.4. The van der Waals surface area contributed by atoms with E-state index in [0.29, 0.717) is 24.3 Å². The average molecular weight is 377 g/mol. The van der Waals surface area contributed by atoms with E-state index in [1.165, 1.54) is 9.80 Å². The molecular weight excluding hydrogens is 356 g/mol. The summed E-state index contributed by atoms with van der Waals surface area (Å²) in [6.45, 7) is 0.506. The minimum absolute atomic E-state index is 0. The Morgan fingerprint density at radius 1 is 0.769 bits per heavy atom. The number of carboxylic acid groups (broad SMARTS) is 2. The van der Waals surface area contributed by atoms with Crippen LogP contribution in [0.2, 0.25) is 0 Å². The zero-order valence-electron chi connectivity index (χ0n) is 14.1. The fourth-order valence-electron chi connectivity index (χ4n) is 2.35. The molecule has 0 aliphatic heterocycles. The van der Waals surface area contributed by atoms with Crippen molar-refractivity contribution in [2.24, 2.45) is 0 Å². The minimum atomic E-state index is -1.03. The van der Waals surface area contributed by atoms with Gasteiger partial charge in [0.05, 0.1) is 0 Å². The Bertz CT molecular complexity index is 723. The van der Waals surface area contributed by atoms with E-state index < -0.39 is 12.2 Å². The third-order valence-electron chi connectivity index (χ3n) is 3.57. The third kappa shape index (κ3) is 6.14. The van der Waals surface area contributed by atoms with Gasteiger partial charge in [-0.25, -0.2) is 9.59 Å². The summed E-state index contributed by atoms with van der Waals surface area (Å²) in [5, 5.41) is 18.6. The van der Waals surface area contributed by atoms with Crippen LogP contribution in [0.15, 0.2) is 72.8 Å². The summed E-state index contributed by atoms with van der Waals surface area (Å²) < 4.78 is 0. The second-order valence-electron chi connectivity index (χ2n) is 5.26. The molecule has 0 aliphatic carbocycles. The van der Waals surface area contributed by atoms with E-state index >= 15 is 0 Å². The molecule has 0 heterocycles. The average Bonchev–Trinajstić information content (AvgIpc) is 2.62. The van der Waals surface area contributed by atoms with Crippen molar-refractivity contribution in [3.8, 4) is 0 Å². The van der Waals surface area contributed by atoms with Crippen molar-refractivity contribution >= 4 is 36.0 Å². The summed E-state index contributed by atoms with van der Waals surface area (Å²) in [6, 6.07) is 17.7. The Hall–Kier alpha value is -2.99. The van der Waals surface area contributed by atoms with Crippen LogP contribution in [0.4, 0.5) is 21.0 Å². The first-order valence-corrected chi connectivity index (χ1v) is 7.85. The van der Waals surface area contributed by atoms with E-state index in [9.17, 15) is 19.8 Å². The lowest BCUT2D eigenvalue weighted by molar-refractivity contribution is 0.201. The van der Waals surface area contributed by atoms with Crippen LogP contribution in [0.5, 0.6) is 0 Å². The van der Waals surface area contributed by atoms with Gasteiger partial charge in [0.15, 0.2) is 0 Å². The van der Waals surface area contributed by atoms with Crippen LogP contribution in [-0.4, -0.2) is 35.5 Å². The maximum Gasteiger partial charge on any atom is 0.412 e. The van der Waals surface area contributed by atoms with E-state index in [-0.39, 0.29) is 19.0 Å². The van der Waals surface area contributed by atoms with Gasteiger partial charge < -0.3 is 10.2 Å². The summed E-state index contributed by atoms with van der Waals surface area (Å²) in [5.41, 5.74) is 1.20. The summed E-state index contributed by atoms with van der Waals surface area (Å²) in [4.78, 5) is 25.2. The van der Waals surface area contributed by atoms with Gasteiger partial charge in [0.1, 0.15) is 0 Å². The van der Waals surface area contributed by atoms with E-state index in [0.717, 1.165) is 0 Å². The van der Waals surface area contributed by atoms with Crippen molar-refractivity contribution in [1.82, 2.24) is 0 Å². The third-order valence-corrected chi connectivity index (χ3v) is 3.57. The summed E-state index contributed by atoms with van der Waals surface area (Å²) in [5.74, 6) is 0. The van der Waals surface area contributed by atoms with Crippen LogP contribution < -0.4 is 9.80 Å². The molecule has 26 heavy (non-hydrogen) atoms. The molecule has 6 nitrogen and oxygen atoms in total. The zero-order valence-corrected chi connectivity index (χ0v) is 14.9. The number of hydrogen-bond donors (Lipinski definition) is 2. The molecule has 0 aromatic heterocycles. The summed E-state index contributed by atoms with van der Waals surface area (Å²) in [6.07, 6.45) is 1.95. The Labute approximate surface area is 158 Å². The van der Waals surface area contributed by atoms with Gasteiger partial charge in [-0.15, -0.1) is 12.4 Å². The standard InChI is InChI=1S/C19H20N2O4.ClH/c22-18(23)20(16-10-4-1-5-11-16)14-8-3-9-15-21(19(24)25)17-12-6-2-7-13-17;/h1-8,10-13H,9,14-15H2,(H,22,23)(H,24,25);1H. The van der Waals surface area contributed by atoms with Gasteiger partial charge in [0.25, 0.3) is 0 Å². The molecule has 2 rings (SSSR count).